The number of fused-ring (bicyclic) bond motifs is 1. The molecule has 8 nitrogen and oxygen atoms in total. The molecule has 0 radical (unpaired) electrons. The lowest BCUT2D eigenvalue weighted by Gasteiger charge is -2.45. The molecular weight excluding hydrogens is 420 g/mol. The summed E-state index contributed by atoms with van der Waals surface area (Å²) in [5.74, 6) is -0.717. The maximum Gasteiger partial charge on any atom is 0.265 e. The van der Waals surface area contributed by atoms with Gasteiger partial charge in [0.05, 0.1) is 6.61 Å². The fourth-order valence-electron chi connectivity index (χ4n) is 4.09. The lowest BCUT2D eigenvalue weighted by molar-refractivity contribution is -0.142. The number of carbonyl (C=O) groups is 2. The number of nitrogens with zero attached hydrogens (tertiary/aromatic N) is 3. The summed E-state index contributed by atoms with van der Waals surface area (Å²) in [6, 6.07) is 10.9. The van der Waals surface area contributed by atoms with E-state index < -0.39 is 11.5 Å². The van der Waals surface area contributed by atoms with Crippen molar-refractivity contribution in [3.8, 4) is 0 Å². The number of likely N-dealkylation sites (tertiary alicyclic amines) is 1. The van der Waals surface area contributed by atoms with Gasteiger partial charge >= 0.3 is 0 Å². The van der Waals surface area contributed by atoms with Crippen molar-refractivity contribution in [2.75, 3.05) is 13.1 Å². The number of aliphatic hydroxyl groups is 1. The third kappa shape index (κ3) is 4.80. The Labute approximate surface area is 191 Å². The Bertz CT molecular complexity index is 1270. The SMILES string of the molecule is Cc1ccc(CNC(=O)c2cc3cc(CO)cnc3n(CC(=O)N3CC(C)(C)C3)c2=O)cc1. The van der Waals surface area contributed by atoms with Crippen LogP contribution in [0.25, 0.3) is 11.0 Å². The number of hydrogen-bond donors (Lipinski definition) is 2. The minimum atomic E-state index is -0.568. The van der Waals surface area contributed by atoms with Crippen molar-refractivity contribution in [2.45, 2.75) is 40.5 Å². The number of aliphatic hydroxyl groups excluding tert-OH is 1. The van der Waals surface area contributed by atoms with Crippen LogP contribution < -0.4 is 10.9 Å². The Morgan fingerprint density at radius 3 is 2.45 bits per heavy atom. The molecule has 8 heteroatoms. The molecule has 0 unspecified atom stereocenters. The summed E-state index contributed by atoms with van der Waals surface area (Å²) in [6.45, 7) is 7.23. The molecule has 0 saturated carbocycles. The van der Waals surface area contributed by atoms with Gasteiger partial charge in [0.1, 0.15) is 17.8 Å². The molecule has 4 rings (SSSR count). The monoisotopic (exact) mass is 448 g/mol. The van der Waals surface area contributed by atoms with E-state index >= 15 is 0 Å². The van der Waals surface area contributed by atoms with Crippen molar-refractivity contribution < 1.29 is 14.7 Å². The van der Waals surface area contributed by atoms with Gasteiger partial charge in [0.2, 0.25) is 5.91 Å². The summed E-state index contributed by atoms with van der Waals surface area (Å²) in [5.41, 5.74) is 2.31. The molecule has 0 atom stereocenters. The number of hydrogen-bond acceptors (Lipinski definition) is 5. The van der Waals surface area contributed by atoms with Crippen molar-refractivity contribution in [1.29, 1.82) is 0 Å². The van der Waals surface area contributed by atoms with Gasteiger partial charge in [0.15, 0.2) is 0 Å². The highest BCUT2D eigenvalue weighted by molar-refractivity contribution is 5.97. The third-order valence-electron chi connectivity index (χ3n) is 5.87. The number of carbonyl (C=O) groups excluding carboxylic acids is 2. The van der Waals surface area contributed by atoms with Crippen molar-refractivity contribution in [3.63, 3.8) is 0 Å². The first-order chi connectivity index (χ1) is 15.7. The Hall–Kier alpha value is -3.52. The maximum absolute atomic E-state index is 13.3. The number of aryl methyl sites for hydroxylation is 1. The molecule has 1 saturated heterocycles. The molecule has 3 heterocycles. The number of amides is 2. The van der Waals surface area contributed by atoms with Gasteiger partial charge in [-0.05, 0) is 35.6 Å². The number of aromatic nitrogens is 2. The lowest BCUT2D eigenvalue weighted by Crippen LogP contribution is -2.56. The van der Waals surface area contributed by atoms with Gasteiger partial charge in [-0.2, -0.15) is 0 Å². The molecule has 0 bridgehead atoms. The molecule has 0 aliphatic carbocycles. The summed E-state index contributed by atoms with van der Waals surface area (Å²) < 4.78 is 1.25. The molecule has 2 aromatic heterocycles. The maximum atomic E-state index is 13.3. The predicted octanol–water partition coefficient (Wildman–Crippen LogP) is 2.00. The van der Waals surface area contributed by atoms with E-state index in [0.717, 1.165) is 11.1 Å². The standard InChI is InChI=1S/C25H28N4O4/c1-16-4-6-17(7-5-16)10-27-23(32)20-9-19-8-18(13-30)11-26-22(19)29(24(20)33)12-21(31)28-14-25(2,3)15-28/h4-9,11,30H,10,12-15H2,1-3H3,(H,27,32). The molecule has 3 aromatic rings. The van der Waals surface area contributed by atoms with E-state index in [9.17, 15) is 19.5 Å². The van der Waals surface area contributed by atoms with Gasteiger partial charge in [0, 0.05) is 31.2 Å². The average Bonchev–Trinajstić information content (AvgIpc) is 2.78. The minimum Gasteiger partial charge on any atom is -0.392 e. The topological polar surface area (TPSA) is 105 Å². The first kappa shape index (κ1) is 22.7. The molecule has 172 valence electrons. The molecule has 2 N–H and O–H groups in total. The van der Waals surface area contributed by atoms with Gasteiger partial charge in [0.25, 0.3) is 11.5 Å². The van der Waals surface area contributed by atoms with Gasteiger partial charge in [-0.25, -0.2) is 4.98 Å². The van der Waals surface area contributed by atoms with E-state index in [1.807, 2.05) is 31.2 Å². The summed E-state index contributed by atoms with van der Waals surface area (Å²) >= 11 is 0. The first-order valence-electron chi connectivity index (χ1n) is 10.9. The Kier molecular flexibility index (Phi) is 6.03. The molecular formula is C25H28N4O4. The highest BCUT2D eigenvalue weighted by atomic mass is 16.3. The van der Waals surface area contributed by atoms with E-state index in [4.69, 9.17) is 0 Å². The largest absolute Gasteiger partial charge is 0.392 e. The van der Waals surface area contributed by atoms with Crippen LogP contribution in [0, 0.1) is 12.3 Å². The smallest absolute Gasteiger partial charge is 0.265 e. The Morgan fingerprint density at radius 2 is 1.82 bits per heavy atom. The number of benzene rings is 1. The summed E-state index contributed by atoms with van der Waals surface area (Å²) in [4.78, 5) is 45.0. The zero-order chi connectivity index (χ0) is 23.8. The Balaban J connectivity index is 1.66. The number of nitrogens with one attached hydrogen (secondary N) is 1. The zero-order valence-corrected chi connectivity index (χ0v) is 19.1. The molecule has 33 heavy (non-hydrogen) atoms. The molecule has 1 fully saturated rings. The molecule has 0 spiro atoms. The second kappa shape index (κ2) is 8.78. The molecule has 1 aliphatic rings. The normalized spacial score (nSPS) is 14.7. The van der Waals surface area contributed by atoms with Crippen molar-refractivity contribution in [1.82, 2.24) is 19.8 Å². The molecule has 2 amide bonds. The predicted molar refractivity (Wildman–Crippen MR) is 125 cm³/mol. The van der Waals surface area contributed by atoms with E-state index in [1.165, 1.54) is 16.8 Å². The summed E-state index contributed by atoms with van der Waals surface area (Å²) in [5, 5.41) is 12.8. The van der Waals surface area contributed by atoms with Gasteiger partial charge in [-0.15, -0.1) is 0 Å². The molecule has 1 aliphatic heterocycles. The van der Waals surface area contributed by atoms with Crippen molar-refractivity contribution in [2.24, 2.45) is 5.41 Å². The highest BCUT2D eigenvalue weighted by Gasteiger charge is 2.37. The number of pyridine rings is 2. The van der Waals surface area contributed by atoms with E-state index in [2.05, 4.69) is 24.1 Å². The van der Waals surface area contributed by atoms with Crippen LogP contribution in [-0.2, 0) is 24.5 Å². The van der Waals surface area contributed by atoms with E-state index in [1.54, 1.807) is 11.0 Å². The second-order valence-corrected chi connectivity index (χ2v) is 9.45. The van der Waals surface area contributed by atoms with Crippen molar-refractivity contribution in [3.05, 3.63) is 75.2 Å². The summed E-state index contributed by atoms with van der Waals surface area (Å²) in [7, 11) is 0. The lowest BCUT2D eigenvalue weighted by atomic mass is 9.84. The summed E-state index contributed by atoms with van der Waals surface area (Å²) in [6.07, 6.45) is 1.46. The molecule has 1 aromatic carbocycles. The van der Waals surface area contributed by atoms with Crippen LogP contribution in [0.1, 0.15) is 40.9 Å². The van der Waals surface area contributed by atoms with Crippen LogP contribution in [0.2, 0.25) is 0 Å². The fraction of sp³-hybridized carbons (Fsp3) is 0.360. The van der Waals surface area contributed by atoms with Crippen LogP contribution in [0.15, 0.2) is 47.4 Å². The van der Waals surface area contributed by atoms with Gasteiger partial charge in [-0.1, -0.05) is 43.7 Å². The average molecular weight is 449 g/mol. The first-order valence-corrected chi connectivity index (χ1v) is 10.9. The fourth-order valence-corrected chi connectivity index (χ4v) is 4.09. The van der Waals surface area contributed by atoms with Crippen LogP contribution in [0.3, 0.4) is 0 Å². The van der Waals surface area contributed by atoms with Crippen LogP contribution in [0.4, 0.5) is 0 Å². The number of rotatable bonds is 6. The second-order valence-electron chi connectivity index (χ2n) is 9.45. The van der Waals surface area contributed by atoms with Crippen LogP contribution in [0.5, 0.6) is 0 Å². The van der Waals surface area contributed by atoms with Gasteiger partial charge in [-0.3, -0.25) is 19.0 Å². The Morgan fingerprint density at radius 1 is 1.12 bits per heavy atom. The van der Waals surface area contributed by atoms with Crippen LogP contribution in [-0.4, -0.2) is 44.5 Å². The van der Waals surface area contributed by atoms with E-state index in [-0.39, 0.29) is 36.6 Å². The van der Waals surface area contributed by atoms with Gasteiger partial charge < -0.3 is 15.3 Å². The minimum absolute atomic E-state index is 0.0642. The third-order valence-corrected chi connectivity index (χ3v) is 5.87. The zero-order valence-electron chi connectivity index (χ0n) is 19.1. The highest BCUT2D eigenvalue weighted by Crippen LogP contribution is 2.28. The van der Waals surface area contributed by atoms with Crippen molar-refractivity contribution >= 4 is 22.8 Å². The van der Waals surface area contributed by atoms with Crippen LogP contribution >= 0.6 is 0 Å². The quantitative estimate of drug-likeness (QED) is 0.600. The van der Waals surface area contributed by atoms with E-state index in [0.29, 0.717) is 29.7 Å².